The minimum absolute atomic E-state index is 0.738. The predicted molar refractivity (Wildman–Crippen MR) is 68.2 cm³/mol. The monoisotopic (exact) mass is 211 g/mol. The van der Waals surface area contributed by atoms with Gasteiger partial charge in [-0.05, 0) is 32.2 Å². The van der Waals surface area contributed by atoms with Crippen LogP contribution in [-0.4, -0.2) is 12.6 Å². The van der Waals surface area contributed by atoms with Crippen molar-refractivity contribution in [3.05, 3.63) is 0 Å². The zero-order chi connectivity index (χ0) is 10.9. The lowest BCUT2D eigenvalue weighted by molar-refractivity contribution is 0.287. The van der Waals surface area contributed by atoms with Gasteiger partial charge in [0.1, 0.15) is 0 Å². The van der Waals surface area contributed by atoms with Crippen molar-refractivity contribution in [3.63, 3.8) is 0 Å². The molecule has 0 saturated heterocycles. The van der Waals surface area contributed by atoms with E-state index in [1.807, 2.05) is 0 Å². The lowest BCUT2D eigenvalue weighted by Gasteiger charge is -2.26. The predicted octanol–water partition coefficient (Wildman–Crippen LogP) is 4.13. The van der Waals surface area contributed by atoms with Gasteiger partial charge < -0.3 is 5.32 Å². The summed E-state index contributed by atoms with van der Waals surface area (Å²) in [5.41, 5.74) is 0. The van der Waals surface area contributed by atoms with Crippen molar-refractivity contribution in [1.29, 1.82) is 0 Å². The molecule has 1 fully saturated rings. The first-order valence-corrected chi connectivity index (χ1v) is 7.06. The van der Waals surface area contributed by atoms with Crippen LogP contribution in [0.25, 0.3) is 0 Å². The third-order valence-electron chi connectivity index (χ3n) is 3.76. The summed E-state index contributed by atoms with van der Waals surface area (Å²) in [6, 6.07) is 0.738. The molecule has 1 atom stereocenters. The SMILES string of the molecule is CCCCCCC(C)NCCC1CCC1. The molecule has 1 aliphatic carbocycles. The Labute approximate surface area is 96.0 Å². The van der Waals surface area contributed by atoms with E-state index >= 15 is 0 Å². The molecule has 0 spiro atoms. The van der Waals surface area contributed by atoms with Gasteiger partial charge in [-0.1, -0.05) is 51.9 Å². The van der Waals surface area contributed by atoms with Gasteiger partial charge in [0.15, 0.2) is 0 Å². The first-order chi connectivity index (χ1) is 7.33. The molecule has 0 aromatic rings. The van der Waals surface area contributed by atoms with Crippen molar-refractivity contribution in [2.75, 3.05) is 6.54 Å². The second-order valence-electron chi connectivity index (χ2n) is 5.29. The quantitative estimate of drug-likeness (QED) is 0.566. The summed E-state index contributed by atoms with van der Waals surface area (Å²) in [6.45, 7) is 5.87. The summed E-state index contributed by atoms with van der Waals surface area (Å²) in [4.78, 5) is 0. The Balaban J connectivity index is 1.82. The summed E-state index contributed by atoms with van der Waals surface area (Å²) >= 11 is 0. The van der Waals surface area contributed by atoms with Crippen molar-refractivity contribution in [2.45, 2.75) is 77.7 Å². The lowest BCUT2D eigenvalue weighted by Crippen LogP contribution is -2.29. The molecule has 1 saturated carbocycles. The molecule has 0 aromatic carbocycles. The van der Waals surface area contributed by atoms with Gasteiger partial charge in [-0.2, -0.15) is 0 Å². The van der Waals surface area contributed by atoms with Gasteiger partial charge in [-0.15, -0.1) is 0 Å². The highest BCUT2D eigenvalue weighted by atomic mass is 14.9. The summed E-state index contributed by atoms with van der Waals surface area (Å²) in [5.74, 6) is 1.06. The number of nitrogens with one attached hydrogen (secondary N) is 1. The van der Waals surface area contributed by atoms with Crippen molar-refractivity contribution in [3.8, 4) is 0 Å². The molecule has 1 N–H and O–H groups in total. The van der Waals surface area contributed by atoms with Crippen LogP contribution in [0.1, 0.15) is 71.6 Å². The fourth-order valence-corrected chi connectivity index (χ4v) is 2.29. The maximum Gasteiger partial charge on any atom is 0.00387 e. The zero-order valence-electron chi connectivity index (χ0n) is 10.7. The molecule has 0 bridgehead atoms. The van der Waals surface area contributed by atoms with Crippen LogP contribution in [0.2, 0.25) is 0 Å². The van der Waals surface area contributed by atoms with Gasteiger partial charge in [-0.3, -0.25) is 0 Å². The summed E-state index contributed by atoms with van der Waals surface area (Å²) < 4.78 is 0. The molecule has 0 radical (unpaired) electrons. The van der Waals surface area contributed by atoms with Crippen molar-refractivity contribution < 1.29 is 0 Å². The largest absolute Gasteiger partial charge is 0.314 e. The van der Waals surface area contributed by atoms with E-state index in [2.05, 4.69) is 19.2 Å². The van der Waals surface area contributed by atoms with Crippen molar-refractivity contribution >= 4 is 0 Å². The van der Waals surface area contributed by atoms with E-state index in [4.69, 9.17) is 0 Å². The first-order valence-electron chi connectivity index (χ1n) is 7.06. The summed E-state index contributed by atoms with van der Waals surface area (Å²) in [6.07, 6.45) is 12.8. The molecular formula is C14H29N. The van der Waals surface area contributed by atoms with Crippen LogP contribution < -0.4 is 5.32 Å². The molecule has 0 amide bonds. The van der Waals surface area contributed by atoms with E-state index < -0.39 is 0 Å². The van der Waals surface area contributed by atoms with Crippen LogP contribution in [-0.2, 0) is 0 Å². The van der Waals surface area contributed by atoms with Crippen molar-refractivity contribution in [2.24, 2.45) is 5.92 Å². The number of hydrogen-bond acceptors (Lipinski definition) is 1. The highest BCUT2D eigenvalue weighted by Gasteiger charge is 2.16. The molecule has 1 aliphatic rings. The highest BCUT2D eigenvalue weighted by Crippen LogP contribution is 2.28. The average Bonchev–Trinajstić information content (AvgIpc) is 2.17. The molecular weight excluding hydrogens is 182 g/mol. The molecule has 0 heterocycles. The van der Waals surface area contributed by atoms with E-state index in [0.29, 0.717) is 0 Å². The summed E-state index contributed by atoms with van der Waals surface area (Å²) in [5, 5.41) is 3.66. The standard InChI is InChI=1S/C14H29N/c1-3-4-5-6-8-13(2)15-12-11-14-9-7-10-14/h13-15H,3-12H2,1-2H3. The third kappa shape index (κ3) is 6.19. The zero-order valence-corrected chi connectivity index (χ0v) is 10.7. The molecule has 0 aromatic heterocycles. The third-order valence-corrected chi connectivity index (χ3v) is 3.76. The van der Waals surface area contributed by atoms with Gasteiger partial charge in [0.05, 0.1) is 0 Å². The highest BCUT2D eigenvalue weighted by molar-refractivity contribution is 4.71. The van der Waals surface area contributed by atoms with E-state index in [0.717, 1.165) is 12.0 Å². The van der Waals surface area contributed by atoms with Crippen LogP contribution in [0.5, 0.6) is 0 Å². The molecule has 1 rings (SSSR count). The Bertz CT molecular complexity index is 140. The molecule has 1 nitrogen and oxygen atoms in total. The fraction of sp³-hybridized carbons (Fsp3) is 1.00. The Hall–Kier alpha value is -0.0400. The number of rotatable bonds is 9. The first kappa shape index (κ1) is 13.0. The van der Waals surface area contributed by atoms with Gasteiger partial charge in [-0.25, -0.2) is 0 Å². The Morgan fingerprint density at radius 2 is 2.00 bits per heavy atom. The van der Waals surface area contributed by atoms with Crippen molar-refractivity contribution in [1.82, 2.24) is 5.32 Å². The normalized spacial score (nSPS) is 18.8. The molecule has 0 aliphatic heterocycles. The molecule has 1 unspecified atom stereocenters. The second kappa shape index (κ2) is 8.15. The Morgan fingerprint density at radius 1 is 1.20 bits per heavy atom. The molecule has 15 heavy (non-hydrogen) atoms. The lowest BCUT2D eigenvalue weighted by atomic mass is 9.83. The smallest absolute Gasteiger partial charge is 0.00387 e. The number of hydrogen-bond donors (Lipinski definition) is 1. The van der Waals surface area contributed by atoms with Gasteiger partial charge in [0.25, 0.3) is 0 Å². The maximum atomic E-state index is 3.66. The number of unbranched alkanes of at least 4 members (excludes halogenated alkanes) is 3. The Kier molecular flexibility index (Phi) is 7.08. The minimum atomic E-state index is 0.738. The fourth-order valence-electron chi connectivity index (χ4n) is 2.29. The molecule has 1 heteroatoms. The maximum absolute atomic E-state index is 3.66. The topological polar surface area (TPSA) is 12.0 Å². The minimum Gasteiger partial charge on any atom is -0.314 e. The van der Waals surface area contributed by atoms with E-state index in [9.17, 15) is 0 Å². The second-order valence-corrected chi connectivity index (χ2v) is 5.29. The van der Waals surface area contributed by atoms with Crippen LogP contribution >= 0.6 is 0 Å². The molecule has 90 valence electrons. The van der Waals surface area contributed by atoms with Crippen LogP contribution in [0.3, 0.4) is 0 Å². The van der Waals surface area contributed by atoms with E-state index in [-0.39, 0.29) is 0 Å². The van der Waals surface area contributed by atoms with Crippen LogP contribution in [0, 0.1) is 5.92 Å². The average molecular weight is 211 g/mol. The van der Waals surface area contributed by atoms with Crippen LogP contribution in [0.15, 0.2) is 0 Å². The van der Waals surface area contributed by atoms with Gasteiger partial charge in [0.2, 0.25) is 0 Å². The van der Waals surface area contributed by atoms with Gasteiger partial charge >= 0.3 is 0 Å². The van der Waals surface area contributed by atoms with E-state index in [1.54, 1.807) is 0 Å². The Morgan fingerprint density at radius 3 is 2.60 bits per heavy atom. The van der Waals surface area contributed by atoms with E-state index in [1.165, 1.54) is 64.3 Å². The van der Waals surface area contributed by atoms with Gasteiger partial charge in [0, 0.05) is 6.04 Å². The summed E-state index contributed by atoms with van der Waals surface area (Å²) in [7, 11) is 0. The van der Waals surface area contributed by atoms with Crippen LogP contribution in [0.4, 0.5) is 0 Å².